The number of carbonyl (C=O) groups excluding carboxylic acids is 1. The molecule has 2 aromatic carbocycles. The zero-order valence-corrected chi connectivity index (χ0v) is 16.3. The first kappa shape index (κ1) is 17.8. The molecule has 0 atom stereocenters. The molecule has 0 saturated carbocycles. The van der Waals surface area contributed by atoms with Crippen molar-refractivity contribution in [3.05, 3.63) is 64.8 Å². The van der Waals surface area contributed by atoms with Crippen molar-refractivity contribution >= 4 is 48.5 Å². The number of anilines is 1. The summed E-state index contributed by atoms with van der Waals surface area (Å²) in [6.07, 6.45) is 1.98. The first-order valence-corrected chi connectivity index (χ1v) is 9.75. The Morgan fingerprint density at radius 2 is 2.11 bits per heavy atom. The molecule has 0 aliphatic rings. The van der Waals surface area contributed by atoms with Gasteiger partial charge in [-0.1, -0.05) is 39.4 Å². The van der Waals surface area contributed by atoms with Crippen LogP contribution in [0.1, 0.15) is 12.3 Å². The molecule has 0 spiro atoms. The smallest absolute Gasteiger partial charge is 0.226 e. The molecule has 4 aromatic rings. The van der Waals surface area contributed by atoms with Crippen molar-refractivity contribution in [3.8, 4) is 11.3 Å². The first-order chi connectivity index (χ1) is 13.1. The molecule has 2 aromatic heterocycles. The summed E-state index contributed by atoms with van der Waals surface area (Å²) in [5, 5.41) is 3.34. The van der Waals surface area contributed by atoms with Crippen molar-refractivity contribution < 1.29 is 13.6 Å². The van der Waals surface area contributed by atoms with E-state index in [9.17, 15) is 9.18 Å². The van der Waals surface area contributed by atoms with Crippen LogP contribution < -0.4 is 5.32 Å². The zero-order chi connectivity index (χ0) is 18.8. The highest BCUT2D eigenvalue weighted by atomic mass is 79.9. The van der Waals surface area contributed by atoms with Gasteiger partial charge in [-0.15, -0.1) is 0 Å². The number of rotatable bonds is 5. The maximum Gasteiger partial charge on any atom is 0.226 e. The minimum absolute atomic E-state index is 0.182. The number of hydrogen-bond donors (Lipinski definition) is 1. The van der Waals surface area contributed by atoms with E-state index in [0.717, 1.165) is 14.7 Å². The van der Waals surface area contributed by atoms with Crippen LogP contribution >= 0.6 is 27.3 Å². The Morgan fingerprint density at radius 1 is 1.26 bits per heavy atom. The summed E-state index contributed by atoms with van der Waals surface area (Å²) in [5.74, 6) is 0.177. The number of thiazole rings is 1. The van der Waals surface area contributed by atoms with Gasteiger partial charge in [0.2, 0.25) is 5.91 Å². The summed E-state index contributed by atoms with van der Waals surface area (Å²) in [7, 11) is 0. The van der Waals surface area contributed by atoms with Gasteiger partial charge in [0.1, 0.15) is 5.82 Å². The predicted octanol–water partition coefficient (Wildman–Crippen LogP) is 5.42. The topological polar surface area (TPSA) is 68.0 Å². The molecule has 8 heteroatoms. The molecular weight excluding hydrogens is 433 g/mol. The minimum atomic E-state index is -0.375. The van der Waals surface area contributed by atoms with Crippen molar-refractivity contribution in [2.24, 2.45) is 0 Å². The monoisotopic (exact) mass is 445 g/mol. The fourth-order valence-corrected chi connectivity index (χ4v) is 4.00. The highest BCUT2D eigenvalue weighted by Gasteiger charge is 2.13. The lowest BCUT2D eigenvalue weighted by atomic mass is 10.2. The van der Waals surface area contributed by atoms with Gasteiger partial charge < -0.3 is 9.73 Å². The average molecular weight is 446 g/mol. The van der Waals surface area contributed by atoms with Gasteiger partial charge in [-0.05, 0) is 30.3 Å². The average Bonchev–Trinajstić information content (AvgIpc) is 3.26. The molecule has 0 saturated heterocycles. The number of nitrogens with zero attached hydrogens (tertiary/aromatic N) is 2. The molecule has 4 rings (SSSR count). The summed E-state index contributed by atoms with van der Waals surface area (Å²) in [6.45, 7) is 0. The van der Waals surface area contributed by atoms with E-state index >= 15 is 0 Å². The molecule has 27 heavy (non-hydrogen) atoms. The number of nitrogens with one attached hydrogen (secondary N) is 1. The third-order valence-electron chi connectivity index (χ3n) is 3.86. The molecule has 0 aliphatic carbocycles. The van der Waals surface area contributed by atoms with E-state index in [4.69, 9.17) is 4.42 Å². The van der Waals surface area contributed by atoms with E-state index in [2.05, 4.69) is 31.2 Å². The highest BCUT2D eigenvalue weighted by molar-refractivity contribution is 9.10. The zero-order valence-electron chi connectivity index (χ0n) is 13.9. The summed E-state index contributed by atoms with van der Waals surface area (Å²) in [4.78, 5) is 20.7. The van der Waals surface area contributed by atoms with Crippen LogP contribution in [0, 0.1) is 5.82 Å². The fourth-order valence-electron chi connectivity index (χ4n) is 2.57. The number of aryl methyl sites for hydroxylation is 1. The quantitative estimate of drug-likeness (QED) is 0.444. The van der Waals surface area contributed by atoms with Crippen LogP contribution in [0.4, 0.5) is 9.52 Å². The van der Waals surface area contributed by atoms with Crippen LogP contribution in [0.2, 0.25) is 0 Å². The second-order valence-electron chi connectivity index (χ2n) is 5.78. The van der Waals surface area contributed by atoms with Crippen LogP contribution in [-0.2, 0) is 11.2 Å². The Kier molecular flexibility index (Phi) is 5.00. The summed E-state index contributed by atoms with van der Waals surface area (Å²) in [5.41, 5.74) is 1.18. The Morgan fingerprint density at radius 3 is 2.96 bits per heavy atom. The van der Waals surface area contributed by atoms with Gasteiger partial charge in [-0.25, -0.2) is 14.4 Å². The van der Waals surface area contributed by atoms with E-state index in [1.54, 1.807) is 18.2 Å². The van der Waals surface area contributed by atoms with E-state index in [0.29, 0.717) is 28.8 Å². The Balaban J connectivity index is 1.38. The van der Waals surface area contributed by atoms with Crippen LogP contribution in [-0.4, -0.2) is 15.9 Å². The molecule has 1 N–H and O–H groups in total. The van der Waals surface area contributed by atoms with Crippen LogP contribution in [0.5, 0.6) is 0 Å². The van der Waals surface area contributed by atoms with E-state index < -0.39 is 0 Å². The van der Waals surface area contributed by atoms with Gasteiger partial charge in [0, 0.05) is 17.3 Å². The van der Waals surface area contributed by atoms with Crippen molar-refractivity contribution in [2.75, 3.05) is 5.32 Å². The Bertz CT molecular complexity index is 1130. The van der Waals surface area contributed by atoms with Crippen molar-refractivity contribution in [1.29, 1.82) is 0 Å². The second kappa shape index (κ2) is 7.58. The predicted molar refractivity (Wildman–Crippen MR) is 106 cm³/mol. The van der Waals surface area contributed by atoms with Gasteiger partial charge in [-0.2, -0.15) is 0 Å². The number of halogens is 2. The fraction of sp³-hybridized carbons (Fsp3) is 0.105. The third-order valence-corrected chi connectivity index (χ3v) is 5.28. The molecule has 2 heterocycles. The summed E-state index contributed by atoms with van der Waals surface area (Å²) >= 11 is 4.83. The third kappa shape index (κ3) is 4.06. The molecule has 0 bridgehead atoms. The van der Waals surface area contributed by atoms with Gasteiger partial charge in [0.15, 0.2) is 16.8 Å². The number of benzene rings is 2. The molecule has 0 unspecified atom stereocenters. The van der Waals surface area contributed by atoms with Crippen LogP contribution in [0.15, 0.2) is 57.6 Å². The summed E-state index contributed by atoms with van der Waals surface area (Å²) in [6, 6.07) is 12.1. The van der Waals surface area contributed by atoms with E-state index in [1.807, 2.05) is 18.2 Å². The lowest BCUT2D eigenvalue weighted by molar-refractivity contribution is -0.116. The maximum atomic E-state index is 13.8. The van der Waals surface area contributed by atoms with Crippen LogP contribution in [0.3, 0.4) is 0 Å². The van der Waals surface area contributed by atoms with Crippen molar-refractivity contribution in [1.82, 2.24) is 9.97 Å². The number of fused-ring (bicyclic) bond motifs is 1. The number of hydrogen-bond acceptors (Lipinski definition) is 5. The molecule has 0 aliphatic heterocycles. The lowest BCUT2D eigenvalue weighted by Crippen LogP contribution is -2.12. The maximum absolute atomic E-state index is 13.8. The highest BCUT2D eigenvalue weighted by Crippen LogP contribution is 2.28. The second-order valence-corrected chi connectivity index (χ2v) is 7.72. The Labute approximate surface area is 166 Å². The SMILES string of the molecule is O=C(CCc1ncc(-c2ccccc2F)o1)Nc1nc2ccc(Br)cc2s1. The minimum Gasteiger partial charge on any atom is -0.441 e. The molecule has 1 amide bonds. The number of oxazole rings is 1. The molecule has 0 fully saturated rings. The van der Waals surface area contributed by atoms with Gasteiger partial charge in [0.05, 0.1) is 22.0 Å². The number of carbonyl (C=O) groups is 1. The van der Waals surface area contributed by atoms with E-state index in [1.165, 1.54) is 23.6 Å². The normalized spacial score (nSPS) is 11.0. The molecule has 5 nitrogen and oxygen atoms in total. The molecular formula is C19H13BrFN3O2S. The van der Waals surface area contributed by atoms with Gasteiger partial charge in [-0.3, -0.25) is 4.79 Å². The number of aromatic nitrogens is 2. The standard InChI is InChI=1S/C19H13BrFN3O2S/c20-11-5-6-14-16(9-11)27-19(23-14)24-17(25)7-8-18-22-10-15(26-18)12-3-1-2-4-13(12)21/h1-6,9-10H,7-8H2,(H,23,24,25). The van der Waals surface area contributed by atoms with E-state index in [-0.39, 0.29) is 18.1 Å². The first-order valence-electron chi connectivity index (χ1n) is 8.14. The van der Waals surface area contributed by atoms with Crippen molar-refractivity contribution in [3.63, 3.8) is 0 Å². The van der Waals surface area contributed by atoms with Crippen molar-refractivity contribution in [2.45, 2.75) is 12.8 Å². The van der Waals surface area contributed by atoms with Gasteiger partial charge >= 0.3 is 0 Å². The summed E-state index contributed by atoms with van der Waals surface area (Å²) < 4.78 is 21.3. The molecule has 0 radical (unpaired) electrons. The van der Waals surface area contributed by atoms with Crippen LogP contribution in [0.25, 0.3) is 21.5 Å². The molecule has 136 valence electrons. The lowest BCUT2D eigenvalue weighted by Gasteiger charge is -2.00. The van der Waals surface area contributed by atoms with Gasteiger partial charge in [0.25, 0.3) is 0 Å². The number of amides is 1. The Hall–Kier alpha value is -2.58. The largest absolute Gasteiger partial charge is 0.441 e.